The summed E-state index contributed by atoms with van der Waals surface area (Å²) in [6.45, 7) is 1.10. The quantitative estimate of drug-likeness (QED) is 0.586. The predicted molar refractivity (Wildman–Crippen MR) is 35.5 cm³/mol. The van der Waals surface area contributed by atoms with Gasteiger partial charge in [-0.1, -0.05) is 31.9 Å². The summed E-state index contributed by atoms with van der Waals surface area (Å²) in [4.78, 5) is 0. The zero-order chi connectivity index (χ0) is 5.49. The van der Waals surface area contributed by atoms with E-state index in [1.165, 1.54) is 0 Å². The number of nitrogens with zero attached hydrogens (tertiary/aromatic N) is 1. The molecule has 0 atom stereocenters. The van der Waals surface area contributed by atoms with Crippen LogP contribution in [0.5, 0.6) is 0 Å². The first kappa shape index (κ1) is 6.01. The lowest BCUT2D eigenvalue weighted by Gasteiger charge is -2.47. The molecule has 2 nitrogen and oxygen atoms in total. The predicted octanol–water partition coefficient (Wildman–Crippen LogP) is 1.29. The number of halogens is 2. The lowest BCUT2D eigenvalue weighted by molar-refractivity contribution is 0.264. The zero-order valence-electron chi connectivity index (χ0n) is 3.53. The van der Waals surface area contributed by atoms with Gasteiger partial charge in [0.05, 0.1) is 0 Å². The maximum atomic E-state index is 10.2. The molecule has 0 amide bonds. The lowest BCUT2D eigenvalue weighted by atomic mass is 10.3. The van der Waals surface area contributed by atoms with Crippen LogP contribution < -0.4 is 0 Å². The van der Waals surface area contributed by atoms with Crippen molar-refractivity contribution < 1.29 is 0 Å². The van der Waals surface area contributed by atoms with Gasteiger partial charge in [0.2, 0.25) is 0 Å². The summed E-state index contributed by atoms with van der Waals surface area (Å²) in [5, 5.41) is 11.2. The van der Waals surface area contributed by atoms with Crippen LogP contribution in [0.2, 0.25) is 0 Å². The maximum Gasteiger partial charge on any atom is 0.104 e. The number of hydrogen-bond donors (Lipinski definition) is 0. The average Bonchev–Trinajstić information content (AvgIpc) is 1.27. The van der Waals surface area contributed by atoms with E-state index >= 15 is 0 Å². The van der Waals surface area contributed by atoms with Gasteiger partial charge in [-0.2, -0.15) is 0 Å². The topological polar surface area (TPSA) is 26.3 Å². The van der Waals surface area contributed by atoms with Gasteiger partial charge in [0, 0.05) is 13.1 Å². The molecule has 0 N–H and O–H groups in total. The third-order valence-corrected chi connectivity index (χ3v) is 1.82. The van der Waals surface area contributed by atoms with Crippen LogP contribution in [0, 0.1) is 5.21 Å². The molecule has 0 aromatic rings. The van der Waals surface area contributed by atoms with Gasteiger partial charge in [0.25, 0.3) is 0 Å². The molecule has 0 aromatic carbocycles. The fraction of sp³-hybridized carbons (Fsp3) is 1.00. The summed E-state index contributed by atoms with van der Waals surface area (Å²) in [7, 11) is 0. The van der Waals surface area contributed by atoms with E-state index in [0.29, 0.717) is 13.1 Å². The van der Waals surface area contributed by atoms with Crippen molar-refractivity contribution in [3.63, 3.8) is 0 Å². The van der Waals surface area contributed by atoms with Gasteiger partial charge in [-0.05, 0) is 0 Å². The SMILES string of the molecule is [O-]N1CC(Br)(Br)C1. The Morgan fingerprint density at radius 2 is 1.86 bits per heavy atom. The normalized spacial score (nSPS) is 29.6. The number of hydrogen-bond acceptors (Lipinski definition) is 2. The van der Waals surface area contributed by atoms with Crippen molar-refractivity contribution in [3.05, 3.63) is 5.21 Å². The van der Waals surface area contributed by atoms with Gasteiger partial charge < -0.3 is 10.3 Å². The molecule has 42 valence electrons. The molecule has 0 spiro atoms. The van der Waals surface area contributed by atoms with Crippen LogP contribution >= 0.6 is 31.9 Å². The van der Waals surface area contributed by atoms with Crippen LogP contribution in [0.25, 0.3) is 0 Å². The summed E-state index contributed by atoms with van der Waals surface area (Å²) < 4.78 is -0.0677. The van der Waals surface area contributed by atoms with Crippen molar-refractivity contribution in [2.24, 2.45) is 0 Å². The second-order valence-corrected chi connectivity index (χ2v) is 5.75. The van der Waals surface area contributed by atoms with Crippen LogP contribution in [-0.2, 0) is 0 Å². The highest BCUT2D eigenvalue weighted by atomic mass is 79.9. The molecule has 0 aromatic heterocycles. The minimum atomic E-state index is -0.0677. The molecule has 1 aliphatic rings. The van der Waals surface area contributed by atoms with Crippen LogP contribution in [0.15, 0.2) is 0 Å². The van der Waals surface area contributed by atoms with E-state index < -0.39 is 0 Å². The Hall–Kier alpha value is 0.880. The monoisotopic (exact) mass is 228 g/mol. The minimum absolute atomic E-state index is 0.0677. The van der Waals surface area contributed by atoms with Gasteiger partial charge in [0.15, 0.2) is 0 Å². The highest BCUT2D eigenvalue weighted by Crippen LogP contribution is 2.35. The minimum Gasteiger partial charge on any atom is -0.785 e. The summed E-state index contributed by atoms with van der Waals surface area (Å²) in [5.74, 6) is 0. The maximum absolute atomic E-state index is 10.2. The smallest absolute Gasteiger partial charge is 0.104 e. The van der Waals surface area contributed by atoms with Gasteiger partial charge >= 0.3 is 0 Å². The molecular weight excluding hydrogens is 226 g/mol. The van der Waals surface area contributed by atoms with E-state index in [1.54, 1.807) is 0 Å². The van der Waals surface area contributed by atoms with E-state index in [0.717, 1.165) is 5.06 Å². The van der Waals surface area contributed by atoms with E-state index in [9.17, 15) is 5.21 Å². The molecule has 0 radical (unpaired) electrons. The molecule has 1 heterocycles. The van der Waals surface area contributed by atoms with Crippen molar-refractivity contribution in [3.8, 4) is 0 Å². The fourth-order valence-corrected chi connectivity index (χ4v) is 1.59. The highest BCUT2D eigenvalue weighted by Gasteiger charge is 2.32. The molecule has 0 unspecified atom stereocenters. The third kappa shape index (κ3) is 1.38. The van der Waals surface area contributed by atoms with Crippen molar-refractivity contribution >= 4 is 31.9 Å². The number of hydroxylamine groups is 2. The second kappa shape index (κ2) is 1.69. The largest absolute Gasteiger partial charge is 0.785 e. The van der Waals surface area contributed by atoms with Gasteiger partial charge in [-0.3, -0.25) is 0 Å². The van der Waals surface area contributed by atoms with E-state index in [1.807, 2.05) is 0 Å². The van der Waals surface area contributed by atoms with Crippen LogP contribution in [0.4, 0.5) is 0 Å². The van der Waals surface area contributed by atoms with Crippen molar-refractivity contribution in [1.82, 2.24) is 5.06 Å². The first-order valence-corrected chi connectivity index (χ1v) is 3.49. The van der Waals surface area contributed by atoms with E-state index in [2.05, 4.69) is 31.9 Å². The number of rotatable bonds is 0. The molecule has 4 heteroatoms. The highest BCUT2D eigenvalue weighted by molar-refractivity contribution is 9.25. The Kier molecular flexibility index (Phi) is 1.45. The lowest BCUT2D eigenvalue weighted by Crippen LogP contribution is -2.50. The Labute approximate surface area is 58.7 Å². The Bertz CT molecular complexity index is 77.0. The molecule has 0 saturated carbocycles. The summed E-state index contributed by atoms with van der Waals surface area (Å²) >= 11 is 6.56. The molecule has 1 fully saturated rings. The van der Waals surface area contributed by atoms with Crippen LogP contribution in [0.1, 0.15) is 0 Å². The van der Waals surface area contributed by atoms with Crippen molar-refractivity contribution in [2.45, 2.75) is 3.23 Å². The summed E-state index contributed by atoms with van der Waals surface area (Å²) in [6, 6.07) is 0. The zero-order valence-corrected chi connectivity index (χ0v) is 6.70. The van der Waals surface area contributed by atoms with Crippen LogP contribution in [-0.4, -0.2) is 21.4 Å². The van der Waals surface area contributed by atoms with Crippen molar-refractivity contribution in [2.75, 3.05) is 13.1 Å². The summed E-state index contributed by atoms with van der Waals surface area (Å²) in [5.41, 5.74) is 0. The second-order valence-electron chi connectivity index (χ2n) is 1.65. The molecule has 1 aliphatic heterocycles. The van der Waals surface area contributed by atoms with Gasteiger partial charge in [0.1, 0.15) is 3.23 Å². The first-order chi connectivity index (χ1) is 3.10. The molecule has 0 bridgehead atoms. The Balaban J connectivity index is 2.29. The fourth-order valence-electron chi connectivity index (χ4n) is 0.470. The van der Waals surface area contributed by atoms with Gasteiger partial charge in [-0.25, -0.2) is 0 Å². The first-order valence-electron chi connectivity index (χ1n) is 1.90. The van der Waals surface area contributed by atoms with Crippen molar-refractivity contribution in [1.29, 1.82) is 0 Å². The third-order valence-electron chi connectivity index (χ3n) is 0.815. The Morgan fingerprint density at radius 3 is 1.86 bits per heavy atom. The summed E-state index contributed by atoms with van der Waals surface area (Å²) in [6.07, 6.45) is 0. The molecule has 1 saturated heterocycles. The Morgan fingerprint density at radius 1 is 1.43 bits per heavy atom. The molecule has 0 aliphatic carbocycles. The molecule has 1 rings (SSSR count). The van der Waals surface area contributed by atoms with E-state index in [4.69, 9.17) is 0 Å². The van der Waals surface area contributed by atoms with Gasteiger partial charge in [-0.15, -0.1) is 0 Å². The molecular formula is C3H4Br2NO-. The van der Waals surface area contributed by atoms with E-state index in [-0.39, 0.29) is 3.23 Å². The average molecular weight is 230 g/mol. The standard InChI is InChI=1S/C3H4Br2NO/c4-3(5)1-6(7)2-3/h1-2H2/q-1. The van der Waals surface area contributed by atoms with Crippen LogP contribution in [0.3, 0.4) is 0 Å². The molecule has 7 heavy (non-hydrogen) atoms. The number of alkyl halides is 2.